The van der Waals surface area contributed by atoms with Gasteiger partial charge in [-0.1, -0.05) is 6.07 Å². The lowest BCUT2D eigenvalue weighted by atomic mass is 10.1. The van der Waals surface area contributed by atoms with Crippen LogP contribution in [-0.4, -0.2) is 105 Å². The lowest BCUT2D eigenvalue weighted by molar-refractivity contribution is 0.0746. The molecule has 0 unspecified atom stereocenters. The van der Waals surface area contributed by atoms with Crippen LogP contribution in [0.15, 0.2) is 36.7 Å². The van der Waals surface area contributed by atoms with Crippen LogP contribution in [0.25, 0.3) is 5.69 Å². The highest BCUT2D eigenvalue weighted by atomic mass is 16.2. The molecule has 3 aromatic rings. The minimum Gasteiger partial charge on any atom is -0.354 e. The molecular weight excluding hydrogens is 420 g/mol. The minimum atomic E-state index is 0.00728. The van der Waals surface area contributed by atoms with Gasteiger partial charge in [0.25, 0.3) is 5.91 Å². The van der Waals surface area contributed by atoms with Crippen LogP contribution in [0.2, 0.25) is 0 Å². The molecule has 1 amide bonds. The monoisotopic (exact) mass is 448 g/mol. The van der Waals surface area contributed by atoms with E-state index in [0.717, 1.165) is 49.3 Å². The van der Waals surface area contributed by atoms with Crippen LogP contribution in [0.1, 0.15) is 16.1 Å². The Bertz CT molecular complexity index is 1100. The SMILES string of the molecule is Cc1cc(N2CCN(C)CC2)nc(N2CCN(C(=O)c3cccc(-n4cnnn4)c3)CC2)n1. The molecule has 0 aliphatic carbocycles. The molecule has 5 rings (SSSR count). The van der Waals surface area contributed by atoms with Gasteiger partial charge in [-0.25, -0.2) is 9.67 Å². The van der Waals surface area contributed by atoms with Crippen LogP contribution >= 0.6 is 0 Å². The van der Waals surface area contributed by atoms with Crippen LogP contribution in [0.5, 0.6) is 0 Å². The number of tetrazole rings is 1. The van der Waals surface area contributed by atoms with Gasteiger partial charge in [-0.2, -0.15) is 4.98 Å². The van der Waals surface area contributed by atoms with Crippen molar-refractivity contribution in [2.75, 3.05) is 69.2 Å². The third-order valence-corrected chi connectivity index (χ3v) is 6.21. The standard InChI is InChI=1S/C22H28N10O/c1-17-14-20(29-8-6-28(2)7-9-29)25-22(24-17)31-12-10-30(11-13-31)21(33)18-4-3-5-19(15-18)32-16-23-26-27-32/h3-5,14-16H,6-13H2,1-2H3. The van der Waals surface area contributed by atoms with Crippen molar-refractivity contribution in [3.63, 3.8) is 0 Å². The van der Waals surface area contributed by atoms with E-state index in [1.807, 2.05) is 36.1 Å². The van der Waals surface area contributed by atoms with E-state index in [4.69, 9.17) is 4.98 Å². The van der Waals surface area contributed by atoms with Crippen molar-refractivity contribution in [1.82, 2.24) is 40.0 Å². The molecule has 4 heterocycles. The Morgan fingerprint density at radius 3 is 2.39 bits per heavy atom. The molecule has 2 aliphatic rings. The van der Waals surface area contributed by atoms with E-state index < -0.39 is 0 Å². The molecule has 2 aliphatic heterocycles. The second-order valence-corrected chi connectivity index (χ2v) is 8.54. The maximum Gasteiger partial charge on any atom is 0.254 e. The zero-order chi connectivity index (χ0) is 22.8. The first kappa shape index (κ1) is 21.3. The highest BCUT2D eigenvalue weighted by Crippen LogP contribution is 2.21. The second-order valence-electron chi connectivity index (χ2n) is 8.54. The Morgan fingerprint density at radius 2 is 1.67 bits per heavy atom. The fraction of sp³-hybridized carbons (Fsp3) is 0.455. The van der Waals surface area contributed by atoms with Gasteiger partial charge >= 0.3 is 0 Å². The van der Waals surface area contributed by atoms with Crippen LogP contribution < -0.4 is 9.80 Å². The number of rotatable bonds is 4. The number of carbonyl (C=O) groups excluding carboxylic acids is 1. The van der Waals surface area contributed by atoms with Gasteiger partial charge in [0.05, 0.1) is 5.69 Å². The molecule has 1 aromatic carbocycles. The minimum absolute atomic E-state index is 0.00728. The first-order valence-electron chi connectivity index (χ1n) is 11.2. The van der Waals surface area contributed by atoms with Crippen molar-refractivity contribution in [3.05, 3.63) is 47.9 Å². The number of piperazine rings is 2. The fourth-order valence-electron chi connectivity index (χ4n) is 4.23. The summed E-state index contributed by atoms with van der Waals surface area (Å²) in [6.45, 7) is 8.67. The van der Waals surface area contributed by atoms with Gasteiger partial charge in [0, 0.05) is 69.7 Å². The summed E-state index contributed by atoms with van der Waals surface area (Å²) >= 11 is 0. The molecule has 0 atom stereocenters. The van der Waals surface area contributed by atoms with Crippen molar-refractivity contribution in [1.29, 1.82) is 0 Å². The van der Waals surface area contributed by atoms with E-state index in [0.29, 0.717) is 31.7 Å². The Hall–Kier alpha value is -3.60. The molecule has 2 aromatic heterocycles. The highest BCUT2D eigenvalue weighted by Gasteiger charge is 2.25. The van der Waals surface area contributed by atoms with E-state index in [1.165, 1.54) is 6.33 Å². The molecular formula is C22H28N10O. The van der Waals surface area contributed by atoms with Gasteiger partial charge in [0.1, 0.15) is 12.1 Å². The van der Waals surface area contributed by atoms with Crippen molar-refractivity contribution < 1.29 is 4.79 Å². The first-order chi connectivity index (χ1) is 16.1. The summed E-state index contributed by atoms with van der Waals surface area (Å²) in [7, 11) is 2.15. The molecule has 2 fully saturated rings. The summed E-state index contributed by atoms with van der Waals surface area (Å²) in [6.07, 6.45) is 1.51. The summed E-state index contributed by atoms with van der Waals surface area (Å²) in [5.74, 6) is 1.74. The summed E-state index contributed by atoms with van der Waals surface area (Å²) in [6, 6.07) is 9.43. The normalized spacial score (nSPS) is 17.5. The number of amides is 1. The average Bonchev–Trinajstić information content (AvgIpc) is 3.39. The number of hydrogen-bond donors (Lipinski definition) is 0. The predicted octanol–water partition coefficient (Wildman–Crippen LogP) is 0.475. The molecule has 0 spiro atoms. The molecule has 11 heteroatoms. The Balaban J connectivity index is 1.25. The van der Waals surface area contributed by atoms with Crippen molar-refractivity contribution in [2.24, 2.45) is 0 Å². The van der Waals surface area contributed by atoms with Crippen LogP contribution in [-0.2, 0) is 0 Å². The van der Waals surface area contributed by atoms with E-state index in [2.05, 4.69) is 48.3 Å². The van der Waals surface area contributed by atoms with Crippen molar-refractivity contribution >= 4 is 17.7 Å². The molecule has 11 nitrogen and oxygen atoms in total. The number of carbonyl (C=O) groups is 1. The number of hydrogen-bond acceptors (Lipinski definition) is 9. The van der Waals surface area contributed by atoms with E-state index in [-0.39, 0.29) is 5.91 Å². The quantitative estimate of drug-likeness (QED) is 0.564. The van der Waals surface area contributed by atoms with Crippen LogP contribution in [0.4, 0.5) is 11.8 Å². The van der Waals surface area contributed by atoms with E-state index >= 15 is 0 Å². The van der Waals surface area contributed by atoms with Gasteiger partial charge in [-0.05, 0) is 42.6 Å². The summed E-state index contributed by atoms with van der Waals surface area (Å²) < 4.78 is 1.54. The first-order valence-corrected chi connectivity index (χ1v) is 11.2. The molecule has 0 radical (unpaired) electrons. The predicted molar refractivity (Wildman–Crippen MR) is 124 cm³/mol. The van der Waals surface area contributed by atoms with Crippen molar-refractivity contribution in [3.8, 4) is 5.69 Å². The molecule has 2 saturated heterocycles. The van der Waals surface area contributed by atoms with Gasteiger partial charge < -0.3 is 19.6 Å². The number of aromatic nitrogens is 6. The number of benzene rings is 1. The number of likely N-dealkylation sites (N-methyl/N-ethyl adjacent to an activating group) is 1. The fourth-order valence-corrected chi connectivity index (χ4v) is 4.23. The Morgan fingerprint density at radius 1 is 0.909 bits per heavy atom. The van der Waals surface area contributed by atoms with Gasteiger partial charge in [0.2, 0.25) is 5.95 Å². The zero-order valence-electron chi connectivity index (χ0n) is 19.0. The lowest BCUT2D eigenvalue weighted by Gasteiger charge is -2.36. The van der Waals surface area contributed by atoms with E-state index in [9.17, 15) is 4.79 Å². The summed E-state index contributed by atoms with van der Waals surface area (Å²) in [4.78, 5) is 31.4. The summed E-state index contributed by atoms with van der Waals surface area (Å²) in [5.41, 5.74) is 2.35. The number of aryl methyl sites for hydroxylation is 1. The highest BCUT2D eigenvalue weighted by molar-refractivity contribution is 5.95. The third-order valence-electron chi connectivity index (χ3n) is 6.21. The maximum atomic E-state index is 13.1. The average molecular weight is 449 g/mol. The van der Waals surface area contributed by atoms with Crippen molar-refractivity contribution in [2.45, 2.75) is 6.92 Å². The zero-order valence-corrected chi connectivity index (χ0v) is 19.0. The second kappa shape index (κ2) is 9.10. The van der Waals surface area contributed by atoms with E-state index in [1.54, 1.807) is 4.68 Å². The lowest BCUT2D eigenvalue weighted by Crippen LogP contribution is -2.49. The molecule has 0 bridgehead atoms. The number of nitrogens with zero attached hydrogens (tertiary/aromatic N) is 10. The molecule has 172 valence electrons. The van der Waals surface area contributed by atoms with Gasteiger partial charge in [-0.3, -0.25) is 4.79 Å². The molecule has 0 saturated carbocycles. The summed E-state index contributed by atoms with van der Waals surface area (Å²) in [5, 5.41) is 11.2. The third kappa shape index (κ3) is 4.63. The Kier molecular flexibility index (Phi) is 5.86. The van der Waals surface area contributed by atoms with Crippen LogP contribution in [0.3, 0.4) is 0 Å². The molecule has 33 heavy (non-hydrogen) atoms. The Labute approximate surface area is 192 Å². The molecule has 0 N–H and O–H groups in total. The van der Waals surface area contributed by atoms with Gasteiger partial charge in [-0.15, -0.1) is 5.10 Å². The maximum absolute atomic E-state index is 13.1. The number of anilines is 2. The topological polar surface area (TPSA) is 99.4 Å². The smallest absolute Gasteiger partial charge is 0.254 e. The van der Waals surface area contributed by atoms with Gasteiger partial charge in [0.15, 0.2) is 0 Å². The van der Waals surface area contributed by atoms with Crippen LogP contribution in [0, 0.1) is 6.92 Å². The largest absolute Gasteiger partial charge is 0.354 e.